The molecule has 2 aromatic carbocycles. The molecule has 0 aliphatic heterocycles. The minimum Gasteiger partial charge on any atom is -0.424 e. The summed E-state index contributed by atoms with van der Waals surface area (Å²) in [4.78, 5) is 23.7. The van der Waals surface area contributed by atoms with E-state index in [-0.39, 0.29) is 17.4 Å². The van der Waals surface area contributed by atoms with Crippen molar-refractivity contribution in [3.05, 3.63) is 58.6 Å². The molecule has 24 heavy (non-hydrogen) atoms. The third-order valence-electron chi connectivity index (χ3n) is 3.10. The molecule has 0 aliphatic rings. The molecule has 2 aromatic rings. The van der Waals surface area contributed by atoms with Crippen LogP contribution >= 0.6 is 23.4 Å². The fourth-order valence-electron chi connectivity index (χ4n) is 1.90. The van der Waals surface area contributed by atoms with Crippen molar-refractivity contribution in [3.63, 3.8) is 0 Å². The van der Waals surface area contributed by atoms with Gasteiger partial charge in [-0.3, -0.25) is 9.59 Å². The number of benzene rings is 2. The van der Waals surface area contributed by atoms with Crippen molar-refractivity contribution in [3.8, 4) is 5.75 Å². The maximum absolute atomic E-state index is 11.8. The van der Waals surface area contributed by atoms with E-state index in [1.807, 2.05) is 44.2 Å². The van der Waals surface area contributed by atoms with Gasteiger partial charge in [-0.05, 0) is 43.7 Å². The maximum Gasteiger partial charge on any atom is 0.321 e. The van der Waals surface area contributed by atoms with Crippen LogP contribution in [0.5, 0.6) is 5.75 Å². The molecular weight excluding hydrogens is 346 g/mol. The lowest BCUT2D eigenvalue weighted by Crippen LogP contribution is -2.17. The molecule has 2 rings (SSSR count). The number of hydrogen-bond donors (Lipinski definition) is 1. The van der Waals surface area contributed by atoms with Gasteiger partial charge in [0.05, 0.1) is 16.5 Å². The van der Waals surface area contributed by atoms with E-state index in [1.54, 1.807) is 12.1 Å². The largest absolute Gasteiger partial charge is 0.424 e. The van der Waals surface area contributed by atoms with E-state index in [9.17, 15) is 9.59 Å². The van der Waals surface area contributed by atoms with Crippen molar-refractivity contribution in [2.75, 3.05) is 16.8 Å². The Labute approximate surface area is 150 Å². The van der Waals surface area contributed by atoms with Crippen molar-refractivity contribution in [2.24, 2.45) is 0 Å². The van der Waals surface area contributed by atoms with Crippen molar-refractivity contribution in [1.29, 1.82) is 0 Å². The predicted molar refractivity (Wildman–Crippen MR) is 99.0 cm³/mol. The van der Waals surface area contributed by atoms with Gasteiger partial charge in [0, 0.05) is 5.69 Å². The molecule has 0 spiro atoms. The van der Waals surface area contributed by atoms with Gasteiger partial charge in [-0.2, -0.15) is 0 Å². The van der Waals surface area contributed by atoms with Gasteiger partial charge >= 0.3 is 5.97 Å². The van der Waals surface area contributed by atoms with Crippen molar-refractivity contribution in [2.45, 2.75) is 13.8 Å². The minimum atomic E-state index is -0.435. The number of amides is 1. The molecule has 0 bridgehead atoms. The molecule has 4 nitrogen and oxygen atoms in total. The standard InChI is InChI=1S/C18H18ClNO3S/c1-12-3-6-14(7-4-12)20-17(21)10-24-11-18(22)23-16-9-13(2)5-8-15(16)19/h3-9H,10-11H2,1-2H3,(H,20,21). The zero-order valence-corrected chi connectivity index (χ0v) is 15.0. The second-order valence-electron chi connectivity index (χ2n) is 5.31. The molecule has 0 atom stereocenters. The Kier molecular flexibility index (Phi) is 6.70. The average Bonchev–Trinajstić information content (AvgIpc) is 2.53. The topological polar surface area (TPSA) is 55.4 Å². The van der Waals surface area contributed by atoms with Crippen LogP contribution in [0.3, 0.4) is 0 Å². The Morgan fingerprint density at radius 2 is 1.71 bits per heavy atom. The van der Waals surface area contributed by atoms with Gasteiger partial charge in [0.2, 0.25) is 5.91 Å². The Morgan fingerprint density at radius 1 is 1.04 bits per heavy atom. The second kappa shape index (κ2) is 8.76. The molecule has 6 heteroatoms. The van der Waals surface area contributed by atoms with Crippen molar-refractivity contribution >= 4 is 40.9 Å². The third-order valence-corrected chi connectivity index (χ3v) is 4.32. The number of rotatable bonds is 6. The lowest BCUT2D eigenvalue weighted by atomic mass is 10.2. The van der Waals surface area contributed by atoms with Crippen LogP contribution in [0.4, 0.5) is 5.69 Å². The van der Waals surface area contributed by atoms with Gasteiger partial charge in [-0.1, -0.05) is 35.4 Å². The first-order valence-electron chi connectivity index (χ1n) is 7.35. The van der Waals surface area contributed by atoms with E-state index >= 15 is 0 Å². The summed E-state index contributed by atoms with van der Waals surface area (Å²) in [5.74, 6) is -0.0110. The summed E-state index contributed by atoms with van der Waals surface area (Å²) in [5, 5.41) is 3.16. The predicted octanol–water partition coefficient (Wildman–Crippen LogP) is 4.23. The highest BCUT2D eigenvalue weighted by Crippen LogP contribution is 2.25. The quantitative estimate of drug-likeness (QED) is 0.616. The van der Waals surface area contributed by atoms with Gasteiger partial charge < -0.3 is 10.1 Å². The molecule has 0 fully saturated rings. The smallest absolute Gasteiger partial charge is 0.321 e. The Hall–Kier alpha value is -1.98. The van der Waals surface area contributed by atoms with Crippen molar-refractivity contribution in [1.82, 2.24) is 0 Å². The van der Waals surface area contributed by atoms with E-state index in [1.165, 1.54) is 11.8 Å². The molecule has 0 aromatic heterocycles. The summed E-state index contributed by atoms with van der Waals surface area (Å²) < 4.78 is 5.22. The molecule has 0 saturated carbocycles. The first-order chi connectivity index (χ1) is 11.4. The molecule has 0 heterocycles. The minimum absolute atomic E-state index is 0.0750. The zero-order chi connectivity index (χ0) is 17.5. The number of thioether (sulfide) groups is 1. The summed E-state index contributed by atoms with van der Waals surface area (Å²) in [5.41, 5.74) is 2.81. The Morgan fingerprint density at radius 3 is 2.42 bits per heavy atom. The maximum atomic E-state index is 11.8. The molecule has 0 radical (unpaired) electrons. The highest BCUT2D eigenvalue weighted by Gasteiger charge is 2.10. The van der Waals surface area contributed by atoms with Crippen LogP contribution in [0.2, 0.25) is 5.02 Å². The molecule has 0 unspecified atom stereocenters. The zero-order valence-electron chi connectivity index (χ0n) is 13.5. The van der Waals surface area contributed by atoms with Crippen LogP contribution in [-0.2, 0) is 9.59 Å². The summed E-state index contributed by atoms with van der Waals surface area (Å²) in [7, 11) is 0. The molecule has 0 saturated heterocycles. The molecule has 126 valence electrons. The van der Waals surface area contributed by atoms with Gasteiger partial charge in [-0.15, -0.1) is 11.8 Å². The van der Waals surface area contributed by atoms with E-state index in [0.717, 1.165) is 16.8 Å². The first-order valence-corrected chi connectivity index (χ1v) is 8.88. The molecule has 1 N–H and O–H groups in total. The number of ether oxygens (including phenoxy) is 1. The number of esters is 1. The fourth-order valence-corrected chi connectivity index (χ4v) is 2.64. The number of carbonyl (C=O) groups excluding carboxylic acids is 2. The van der Waals surface area contributed by atoms with Crippen LogP contribution < -0.4 is 10.1 Å². The first kappa shape index (κ1) is 18.4. The van der Waals surface area contributed by atoms with E-state index in [0.29, 0.717) is 10.8 Å². The molecule has 0 aliphatic carbocycles. The number of halogens is 1. The molecular formula is C18H18ClNO3S. The Bertz CT molecular complexity index is 732. The van der Waals surface area contributed by atoms with Crippen LogP contribution in [0, 0.1) is 13.8 Å². The van der Waals surface area contributed by atoms with Gasteiger partial charge in [0.1, 0.15) is 5.75 Å². The summed E-state index contributed by atoms with van der Waals surface area (Å²) in [6.45, 7) is 3.87. The SMILES string of the molecule is Cc1ccc(NC(=O)CSCC(=O)Oc2cc(C)ccc2Cl)cc1. The summed E-state index contributed by atoms with van der Waals surface area (Å²) in [6.07, 6.45) is 0. The van der Waals surface area contributed by atoms with Gasteiger partial charge in [0.25, 0.3) is 0 Å². The summed E-state index contributed by atoms with van der Waals surface area (Å²) >= 11 is 7.17. The number of hydrogen-bond acceptors (Lipinski definition) is 4. The van der Waals surface area contributed by atoms with E-state index in [4.69, 9.17) is 16.3 Å². The highest BCUT2D eigenvalue weighted by molar-refractivity contribution is 8.00. The van der Waals surface area contributed by atoms with Crippen LogP contribution in [0.25, 0.3) is 0 Å². The number of nitrogens with one attached hydrogen (secondary N) is 1. The van der Waals surface area contributed by atoms with Crippen LogP contribution in [-0.4, -0.2) is 23.4 Å². The normalized spacial score (nSPS) is 10.3. The van der Waals surface area contributed by atoms with Crippen LogP contribution in [0.1, 0.15) is 11.1 Å². The van der Waals surface area contributed by atoms with E-state index < -0.39 is 5.97 Å². The highest BCUT2D eigenvalue weighted by atomic mass is 35.5. The lowest BCUT2D eigenvalue weighted by molar-refractivity contribution is -0.131. The summed E-state index contributed by atoms with van der Waals surface area (Å²) in [6, 6.07) is 12.7. The molecule has 1 amide bonds. The fraction of sp³-hybridized carbons (Fsp3) is 0.222. The monoisotopic (exact) mass is 363 g/mol. The number of carbonyl (C=O) groups is 2. The van der Waals surface area contributed by atoms with Gasteiger partial charge in [0.15, 0.2) is 0 Å². The lowest BCUT2D eigenvalue weighted by Gasteiger charge is -2.07. The number of aryl methyl sites for hydroxylation is 2. The Balaban J connectivity index is 1.75. The number of anilines is 1. The van der Waals surface area contributed by atoms with Crippen molar-refractivity contribution < 1.29 is 14.3 Å². The third kappa shape index (κ3) is 5.91. The second-order valence-corrected chi connectivity index (χ2v) is 6.71. The van der Waals surface area contributed by atoms with Crippen LogP contribution in [0.15, 0.2) is 42.5 Å². The average molecular weight is 364 g/mol. The van der Waals surface area contributed by atoms with Gasteiger partial charge in [-0.25, -0.2) is 0 Å². The van der Waals surface area contributed by atoms with E-state index in [2.05, 4.69) is 5.32 Å².